The highest BCUT2D eigenvalue weighted by molar-refractivity contribution is 7.09. The minimum atomic E-state index is -1.13. The molecule has 180 valence electrons. The maximum absolute atomic E-state index is 13.0. The number of carbonyl (C=O) groups is 4. The van der Waals surface area contributed by atoms with Gasteiger partial charge in [0.25, 0.3) is 0 Å². The molecule has 0 saturated carbocycles. The van der Waals surface area contributed by atoms with Gasteiger partial charge < -0.3 is 26.8 Å². The zero-order valence-electron chi connectivity index (χ0n) is 19.2. The van der Waals surface area contributed by atoms with Crippen molar-refractivity contribution < 1.29 is 24.3 Å². The van der Waals surface area contributed by atoms with Gasteiger partial charge in [0.15, 0.2) is 0 Å². The second-order valence-electron chi connectivity index (χ2n) is 8.66. The molecule has 1 aromatic rings. The molecular formula is C22H36N4O5S. The van der Waals surface area contributed by atoms with Crippen molar-refractivity contribution in [3.8, 4) is 0 Å². The molecule has 1 aromatic heterocycles. The van der Waals surface area contributed by atoms with Gasteiger partial charge in [-0.15, -0.1) is 11.3 Å². The van der Waals surface area contributed by atoms with Crippen LogP contribution in [0.1, 0.15) is 51.8 Å². The van der Waals surface area contributed by atoms with E-state index in [2.05, 4.69) is 16.0 Å². The van der Waals surface area contributed by atoms with Crippen LogP contribution < -0.4 is 21.7 Å². The summed E-state index contributed by atoms with van der Waals surface area (Å²) in [5.74, 6) is -2.34. The fourth-order valence-corrected chi connectivity index (χ4v) is 3.93. The molecule has 6 N–H and O–H groups in total. The molecule has 3 amide bonds. The monoisotopic (exact) mass is 468 g/mol. The molecule has 32 heavy (non-hydrogen) atoms. The molecule has 0 radical (unpaired) electrons. The maximum Gasteiger partial charge on any atom is 0.326 e. The van der Waals surface area contributed by atoms with E-state index in [-0.39, 0.29) is 43.6 Å². The Morgan fingerprint density at radius 3 is 2.00 bits per heavy atom. The third-order valence-electron chi connectivity index (χ3n) is 4.67. The van der Waals surface area contributed by atoms with E-state index in [0.29, 0.717) is 6.42 Å². The van der Waals surface area contributed by atoms with E-state index in [1.54, 1.807) is 0 Å². The van der Waals surface area contributed by atoms with Gasteiger partial charge in [-0.2, -0.15) is 0 Å². The number of carbonyl (C=O) groups excluding carboxylic acids is 3. The van der Waals surface area contributed by atoms with E-state index < -0.39 is 35.9 Å². The molecule has 0 fully saturated rings. The van der Waals surface area contributed by atoms with Crippen LogP contribution in [0.2, 0.25) is 0 Å². The Morgan fingerprint density at radius 1 is 0.938 bits per heavy atom. The molecule has 1 heterocycles. The zero-order valence-corrected chi connectivity index (χ0v) is 20.0. The number of amides is 3. The smallest absolute Gasteiger partial charge is 0.326 e. The van der Waals surface area contributed by atoms with Crippen LogP contribution in [0.15, 0.2) is 17.5 Å². The first-order valence-electron chi connectivity index (χ1n) is 10.9. The number of hydrogen-bond acceptors (Lipinski definition) is 6. The highest BCUT2D eigenvalue weighted by Gasteiger charge is 2.30. The van der Waals surface area contributed by atoms with E-state index in [1.165, 1.54) is 11.3 Å². The van der Waals surface area contributed by atoms with Crippen molar-refractivity contribution in [3.63, 3.8) is 0 Å². The fraction of sp³-hybridized carbons (Fsp3) is 0.636. The Morgan fingerprint density at radius 2 is 1.50 bits per heavy atom. The lowest BCUT2D eigenvalue weighted by Crippen LogP contribution is -2.56. The molecule has 0 saturated heterocycles. The summed E-state index contributed by atoms with van der Waals surface area (Å²) in [5, 5.41) is 19.3. The highest BCUT2D eigenvalue weighted by atomic mass is 32.1. The van der Waals surface area contributed by atoms with Crippen molar-refractivity contribution >= 4 is 35.0 Å². The first-order valence-corrected chi connectivity index (χ1v) is 11.8. The number of nitrogens with two attached hydrogens (primary N) is 1. The van der Waals surface area contributed by atoms with E-state index in [1.807, 2.05) is 45.2 Å². The quantitative estimate of drug-likeness (QED) is 0.277. The van der Waals surface area contributed by atoms with Crippen molar-refractivity contribution in [2.24, 2.45) is 17.6 Å². The molecule has 0 aliphatic carbocycles. The Kier molecular flexibility index (Phi) is 11.9. The average Bonchev–Trinajstić information content (AvgIpc) is 3.18. The average molecular weight is 469 g/mol. The molecule has 0 unspecified atom stereocenters. The van der Waals surface area contributed by atoms with E-state index in [4.69, 9.17) is 5.73 Å². The number of thiophene rings is 1. The number of aliphatic carboxylic acids is 1. The summed E-state index contributed by atoms with van der Waals surface area (Å²) in [5.41, 5.74) is 5.42. The largest absolute Gasteiger partial charge is 0.480 e. The number of nitrogens with one attached hydrogen (secondary N) is 3. The summed E-state index contributed by atoms with van der Waals surface area (Å²) in [4.78, 5) is 50.5. The summed E-state index contributed by atoms with van der Waals surface area (Å²) in [6.07, 6.45) is 0.970. The molecule has 0 spiro atoms. The van der Waals surface area contributed by atoms with Crippen molar-refractivity contribution in [2.75, 3.05) is 6.54 Å². The highest BCUT2D eigenvalue weighted by Crippen LogP contribution is 2.13. The number of carboxylic acids is 1. The molecule has 1 rings (SSSR count). The minimum absolute atomic E-state index is 0.0647. The van der Waals surface area contributed by atoms with Gasteiger partial charge in [-0.25, -0.2) is 4.79 Å². The normalized spacial score (nSPS) is 14.0. The van der Waals surface area contributed by atoms with Gasteiger partial charge in [-0.05, 0) is 36.1 Å². The molecule has 0 aliphatic heterocycles. The van der Waals surface area contributed by atoms with Crippen LogP contribution in [-0.2, 0) is 25.6 Å². The second kappa shape index (κ2) is 13.8. The van der Waals surface area contributed by atoms with Crippen LogP contribution in [0.4, 0.5) is 0 Å². The predicted octanol–water partition coefficient (Wildman–Crippen LogP) is 1.27. The first-order chi connectivity index (χ1) is 15.0. The van der Waals surface area contributed by atoms with Crippen LogP contribution >= 0.6 is 11.3 Å². The standard InChI is InChI=1S/C22H36N4O5S/c1-13(2)10-16(24-19(27)7-8-23)20(28)25-17(12-15-6-5-9-32-15)21(29)26-18(22(30)31)11-14(3)4/h5-6,9,13-14,16-18H,7-8,10-12,23H2,1-4H3,(H,24,27)(H,25,28)(H,26,29)(H,30,31)/t16-,17-,18-/m0/s1. The lowest BCUT2D eigenvalue weighted by molar-refractivity contribution is -0.142. The van der Waals surface area contributed by atoms with Gasteiger partial charge in [0.05, 0.1) is 0 Å². The van der Waals surface area contributed by atoms with Crippen molar-refractivity contribution in [1.82, 2.24) is 16.0 Å². The predicted molar refractivity (Wildman–Crippen MR) is 124 cm³/mol. The van der Waals surface area contributed by atoms with Gasteiger partial charge in [-0.3, -0.25) is 14.4 Å². The number of carboxylic acid groups (broad SMARTS) is 1. The summed E-state index contributed by atoms with van der Waals surface area (Å²) in [6, 6.07) is 0.828. The SMILES string of the molecule is CC(C)C[C@H](NC(=O)[C@H](Cc1cccs1)NC(=O)[C@H](CC(C)C)NC(=O)CCN)C(=O)O. The van der Waals surface area contributed by atoms with Crippen molar-refractivity contribution in [1.29, 1.82) is 0 Å². The topological polar surface area (TPSA) is 151 Å². The number of hydrogen-bond donors (Lipinski definition) is 5. The van der Waals surface area contributed by atoms with E-state index >= 15 is 0 Å². The Hall–Kier alpha value is -2.46. The third-order valence-corrected chi connectivity index (χ3v) is 5.57. The maximum atomic E-state index is 13.0. The summed E-state index contributed by atoms with van der Waals surface area (Å²) in [7, 11) is 0. The molecule has 0 aliphatic rings. The molecule has 10 heteroatoms. The Bertz CT molecular complexity index is 752. The summed E-state index contributed by atoms with van der Waals surface area (Å²) in [6.45, 7) is 7.75. The van der Waals surface area contributed by atoms with Gasteiger partial charge in [0.1, 0.15) is 18.1 Å². The van der Waals surface area contributed by atoms with E-state index in [0.717, 1.165) is 4.88 Å². The van der Waals surface area contributed by atoms with Gasteiger partial charge in [-0.1, -0.05) is 33.8 Å². The molecule has 0 bridgehead atoms. The van der Waals surface area contributed by atoms with Gasteiger partial charge in [0.2, 0.25) is 17.7 Å². The lowest BCUT2D eigenvalue weighted by atomic mass is 10.0. The fourth-order valence-electron chi connectivity index (χ4n) is 3.18. The minimum Gasteiger partial charge on any atom is -0.480 e. The van der Waals surface area contributed by atoms with Crippen molar-refractivity contribution in [2.45, 2.75) is 71.5 Å². The summed E-state index contributed by atoms with van der Waals surface area (Å²) >= 11 is 1.44. The van der Waals surface area contributed by atoms with Crippen LogP contribution in [0.3, 0.4) is 0 Å². The van der Waals surface area contributed by atoms with Crippen molar-refractivity contribution in [3.05, 3.63) is 22.4 Å². The Balaban J connectivity index is 3.02. The first kappa shape index (κ1) is 27.6. The zero-order chi connectivity index (χ0) is 24.3. The Labute approximate surface area is 193 Å². The summed E-state index contributed by atoms with van der Waals surface area (Å²) < 4.78 is 0. The molecular weight excluding hydrogens is 432 g/mol. The molecule has 3 atom stereocenters. The molecule has 0 aromatic carbocycles. The van der Waals surface area contributed by atoms with E-state index in [9.17, 15) is 24.3 Å². The van der Waals surface area contributed by atoms with Gasteiger partial charge in [0, 0.05) is 24.3 Å². The van der Waals surface area contributed by atoms with Gasteiger partial charge >= 0.3 is 5.97 Å². The second-order valence-corrected chi connectivity index (χ2v) is 9.69. The van der Waals surface area contributed by atoms with Crippen LogP contribution in [0.25, 0.3) is 0 Å². The van der Waals surface area contributed by atoms with Crippen LogP contribution in [0, 0.1) is 11.8 Å². The van der Waals surface area contributed by atoms with Crippen LogP contribution in [-0.4, -0.2) is 53.5 Å². The lowest BCUT2D eigenvalue weighted by Gasteiger charge is -2.25. The van der Waals surface area contributed by atoms with Crippen LogP contribution in [0.5, 0.6) is 0 Å². The third kappa shape index (κ3) is 10.2. The number of rotatable bonds is 14. The molecule has 9 nitrogen and oxygen atoms in total.